The zero-order valence-electron chi connectivity index (χ0n) is 15.9. The molecule has 1 atom stereocenters. The Labute approximate surface area is 173 Å². The number of morpholine rings is 1. The highest BCUT2D eigenvalue weighted by atomic mass is 32.2. The third-order valence-corrected chi connectivity index (χ3v) is 7.35. The quantitative estimate of drug-likeness (QED) is 0.662. The monoisotopic (exact) mass is 438 g/mol. The van der Waals surface area contributed by atoms with E-state index in [-0.39, 0.29) is 16.5 Å². The summed E-state index contributed by atoms with van der Waals surface area (Å²) in [5.41, 5.74) is 0.171. The molecule has 156 valence electrons. The van der Waals surface area contributed by atoms with Crippen LogP contribution in [-0.2, 0) is 24.3 Å². The van der Waals surface area contributed by atoms with Crippen LogP contribution in [0.5, 0.6) is 0 Å². The first-order chi connectivity index (χ1) is 13.9. The fourth-order valence-electron chi connectivity index (χ4n) is 2.81. The minimum atomic E-state index is -3.63. The molecule has 0 aliphatic carbocycles. The summed E-state index contributed by atoms with van der Waals surface area (Å²) in [6.07, 6.45) is 0. The van der Waals surface area contributed by atoms with E-state index in [1.54, 1.807) is 0 Å². The second kappa shape index (κ2) is 9.49. The van der Waals surface area contributed by atoms with E-state index in [0.29, 0.717) is 26.3 Å². The lowest BCUT2D eigenvalue weighted by molar-refractivity contribution is -0.124. The summed E-state index contributed by atoms with van der Waals surface area (Å²) in [6, 6.07) is 9.11. The Bertz CT molecular complexity index is 936. The molecule has 1 amide bonds. The summed E-state index contributed by atoms with van der Waals surface area (Å²) < 4.78 is 36.7. The Morgan fingerprint density at radius 2 is 1.90 bits per heavy atom. The number of nitrogens with zero attached hydrogens (tertiary/aromatic N) is 1. The predicted octanol–water partition coefficient (Wildman–Crippen LogP) is 1.80. The van der Waals surface area contributed by atoms with Crippen LogP contribution in [0, 0.1) is 0 Å². The van der Waals surface area contributed by atoms with Gasteiger partial charge in [0.05, 0.1) is 29.7 Å². The maximum atomic E-state index is 12.6. The van der Waals surface area contributed by atoms with Crippen molar-refractivity contribution in [2.75, 3.05) is 32.9 Å². The molecule has 1 aromatic heterocycles. The number of thiophene rings is 1. The Morgan fingerprint density at radius 1 is 1.21 bits per heavy atom. The van der Waals surface area contributed by atoms with Crippen LogP contribution in [0.15, 0.2) is 46.7 Å². The van der Waals surface area contributed by atoms with Crippen LogP contribution >= 0.6 is 11.3 Å². The number of nitrogens with one attached hydrogen (secondary N) is 1. The normalized spacial score (nSPS) is 16.2. The van der Waals surface area contributed by atoms with E-state index in [0.717, 1.165) is 4.88 Å². The van der Waals surface area contributed by atoms with Gasteiger partial charge in [-0.1, -0.05) is 6.07 Å². The zero-order valence-corrected chi connectivity index (χ0v) is 17.5. The highest BCUT2D eigenvalue weighted by Gasteiger charge is 2.26. The van der Waals surface area contributed by atoms with E-state index in [2.05, 4.69) is 5.32 Å². The Hall–Kier alpha value is -2.27. The van der Waals surface area contributed by atoms with Crippen LogP contribution < -0.4 is 5.32 Å². The third-order valence-electron chi connectivity index (χ3n) is 4.38. The number of benzene rings is 1. The van der Waals surface area contributed by atoms with E-state index < -0.39 is 28.5 Å². The summed E-state index contributed by atoms with van der Waals surface area (Å²) in [4.78, 5) is 25.2. The first-order valence-corrected chi connectivity index (χ1v) is 11.4. The molecule has 0 spiro atoms. The molecule has 1 aliphatic heterocycles. The molecule has 0 bridgehead atoms. The average molecular weight is 439 g/mol. The van der Waals surface area contributed by atoms with Crippen LogP contribution in [0.4, 0.5) is 0 Å². The van der Waals surface area contributed by atoms with Crippen molar-refractivity contribution in [3.8, 4) is 0 Å². The predicted molar refractivity (Wildman–Crippen MR) is 107 cm³/mol. The van der Waals surface area contributed by atoms with Gasteiger partial charge in [-0.2, -0.15) is 4.31 Å². The van der Waals surface area contributed by atoms with E-state index in [1.807, 2.05) is 24.4 Å². The number of rotatable bonds is 7. The summed E-state index contributed by atoms with van der Waals surface area (Å²) in [7, 11) is -3.63. The van der Waals surface area contributed by atoms with E-state index in [1.165, 1.54) is 39.9 Å². The minimum absolute atomic E-state index is 0.0958. The lowest BCUT2D eigenvalue weighted by Crippen LogP contribution is -2.40. The molecule has 1 aromatic carbocycles. The van der Waals surface area contributed by atoms with Gasteiger partial charge in [0.1, 0.15) is 0 Å². The Balaban J connectivity index is 1.54. The molecule has 2 heterocycles. The zero-order chi connectivity index (χ0) is 20.9. The van der Waals surface area contributed by atoms with Crippen LogP contribution in [0.3, 0.4) is 0 Å². The first-order valence-electron chi connectivity index (χ1n) is 9.06. The molecule has 0 saturated carbocycles. The lowest BCUT2D eigenvalue weighted by atomic mass is 10.2. The number of amides is 1. The number of esters is 1. The molecular weight excluding hydrogens is 416 g/mol. The molecule has 2 aromatic rings. The fourth-order valence-corrected chi connectivity index (χ4v) is 4.95. The lowest BCUT2D eigenvalue weighted by Gasteiger charge is -2.26. The van der Waals surface area contributed by atoms with E-state index in [9.17, 15) is 18.0 Å². The van der Waals surface area contributed by atoms with Crippen molar-refractivity contribution in [1.29, 1.82) is 0 Å². The summed E-state index contributed by atoms with van der Waals surface area (Å²) in [5.74, 6) is -1.11. The number of hydrogen-bond donors (Lipinski definition) is 1. The minimum Gasteiger partial charge on any atom is -0.452 e. The smallest absolute Gasteiger partial charge is 0.338 e. The van der Waals surface area contributed by atoms with Gasteiger partial charge in [0.15, 0.2) is 6.61 Å². The van der Waals surface area contributed by atoms with Crippen molar-refractivity contribution in [2.45, 2.75) is 17.9 Å². The number of carbonyl (C=O) groups is 2. The molecule has 1 unspecified atom stereocenters. The largest absolute Gasteiger partial charge is 0.452 e. The van der Waals surface area contributed by atoms with Gasteiger partial charge in [-0.05, 0) is 42.6 Å². The standard InChI is InChI=1S/C19H22N2O6S2/c1-14(17-3-2-12-28-17)20-18(22)13-27-19(23)15-4-6-16(7-5-15)29(24,25)21-8-10-26-11-9-21/h2-7,12,14H,8-11,13H2,1H3,(H,20,22). The Morgan fingerprint density at radius 3 is 2.52 bits per heavy atom. The molecule has 10 heteroatoms. The van der Waals surface area contributed by atoms with Crippen molar-refractivity contribution >= 4 is 33.2 Å². The fraction of sp³-hybridized carbons (Fsp3) is 0.368. The molecule has 0 radical (unpaired) electrons. The van der Waals surface area contributed by atoms with E-state index in [4.69, 9.17) is 9.47 Å². The maximum absolute atomic E-state index is 12.6. The van der Waals surface area contributed by atoms with Crippen molar-refractivity contribution in [3.05, 3.63) is 52.2 Å². The number of carbonyl (C=O) groups excluding carboxylic acids is 2. The molecule has 1 saturated heterocycles. The topological polar surface area (TPSA) is 102 Å². The third kappa shape index (κ3) is 5.41. The number of sulfonamides is 1. The van der Waals surface area contributed by atoms with Crippen molar-refractivity contribution < 1.29 is 27.5 Å². The van der Waals surface area contributed by atoms with Crippen LogP contribution in [0.2, 0.25) is 0 Å². The number of ether oxygens (including phenoxy) is 2. The van der Waals surface area contributed by atoms with Crippen molar-refractivity contribution in [2.24, 2.45) is 0 Å². The van der Waals surface area contributed by atoms with Gasteiger partial charge < -0.3 is 14.8 Å². The molecule has 1 fully saturated rings. The summed E-state index contributed by atoms with van der Waals surface area (Å²) in [6.45, 7) is 2.74. The van der Waals surface area contributed by atoms with Crippen LogP contribution in [0.25, 0.3) is 0 Å². The number of hydrogen-bond acceptors (Lipinski definition) is 7. The molecule has 3 rings (SSSR count). The Kier molecular flexibility index (Phi) is 7.01. The molecule has 8 nitrogen and oxygen atoms in total. The summed E-state index contributed by atoms with van der Waals surface area (Å²) in [5, 5.41) is 4.67. The van der Waals surface area contributed by atoms with Crippen LogP contribution in [-0.4, -0.2) is 57.5 Å². The molecule has 1 aliphatic rings. The molecule has 1 N–H and O–H groups in total. The van der Waals surface area contributed by atoms with Crippen LogP contribution in [0.1, 0.15) is 28.2 Å². The first kappa shape index (κ1) is 21.4. The maximum Gasteiger partial charge on any atom is 0.338 e. The summed E-state index contributed by atoms with van der Waals surface area (Å²) >= 11 is 1.53. The average Bonchev–Trinajstić information content (AvgIpc) is 3.28. The second-order valence-corrected chi connectivity index (χ2v) is 9.34. The van der Waals surface area contributed by atoms with Gasteiger partial charge in [0.25, 0.3) is 5.91 Å². The van der Waals surface area contributed by atoms with Gasteiger partial charge in [-0.3, -0.25) is 4.79 Å². The molecular formula is C19H22N2O6S2. The van der Waals surface area contributed by atoms with Gasteiger partial charge in [-0.25, -0.2) is 13.2 Å². The highest BCUT2D eigenvalue weighted by Crippen LogP contribution is 2.19. The van der Waals surface area contributed by atoms with Crippen molar-refractivity contribution in [3.63, 3.8) is 0 Å². The van der Waals surface area contributed by atoms with Gasteiger partial charge in [0, 0.05) is 18.0 Å². The van der Waals surface area contributed by atoms with E-state index >= 15 is 0 Å². The van der Waals surface area contributed by atoms with Gasteiger partial charge >= 0.3 is 5.97 Å². The SMILES string of the molecule is CC(NC(=O)COC(=O)c1ccc(S(=O)(=O)N2CCOCC2)cc1)c1cccs1. The highest BCUT2D eigenvalue weighted by molar-refractivity contribution is 7.89. The van der Waals surface area contributed by atoms with Gasteiger partial charge in [0.2, 0.25) is 10.0 Å². The molecule has 29 heavy (non-hydrogen) atoms. The van der Waals surface area contributed by atoms with Gasteiger partial charge in [-0.15, -0.1) is 11.3 Å². The second-order valence-electron chi connectivity index (χ2n) is 6.42. The van der Waals surface area contributed by atoms with Crippen molar-refractivity contribution in [1.82, 2.24) is 9.62 Å².